The highest BCUT2D eigenvalue weighted by molar-refractivity contribution is 5.46. The molecule has 1 aliphatic carbocycles. The van der Waals surface area contributed by atoms with Crippen molar-refractivity contribution < 1.29 is 0 Å². The fraction of sp³-hybridized carbons (Fsp3) is 0.312. The van der Waals surface area contributed by atoms with E-state index >= 15 is 0 Å². The number of hydrogen-bond acceptors (Lipinski definition) is 3. The predicted octanol–water partition coefficient (Wildman–Crippen LogP) is 2.70. The number of hydrogen-bond donors (Lipinski definition) is 2. The molecule has 0 saturated heterocycles. The van der Waals surface area contributed by atoms with Crippen LogP contribution in [0.15, 0.2) is 36.5 Å². The zero-order valence-corrected chi connectivity index (χ0v) is 11.1. The Kier molecular flexibility index (Phi) is 2.99. The van der Waals surface area contributed by atoms with Gasteiger partial charge in [0.1, 0.15) is 5.82 Å². The van der Waals surface area contributed by atoms with Crippen LogP contribution < -0.4 is 11.5 Å². The van der Waals surface area contributed by atoms with Crippen molar-refractivity contribution in [2.45, 2.75) is 31.7 Å². The van der Waals surface area contributed by atoms with E-state index in [4.69, 9.17) is 11.5 Å². The largest absolute Gasteiger partial charge is 0.383 e. The van der Waals surface area contributed by atoms with Crippen molar-refractivity contribution in [1.82, 2.24) is 4.98 Å². The average Bonchev–Trinajstić information content (AvgIpc) is 2.84. The van der Waals surface area contributed by atoms with E-state index in [2.05, 4.69) is 35.3 Å². The Morgan fingerprint density at radius 2 is 2.11 bits per heavy atom. The molecule has 1 aliphatic rings. The van der Waals surface area contributed by atoms with Gasteiger partial charge in [0.05, 0.1) is 0 Å². The SMILES string of the molecule is Cc1cnc(N)c(C(N)C2CCc3ccccc32)c1. The molecular formula is C16H19N3. The molecule has 0 radical (unpaired) electrons. The van der Waals surface area contributed by atoms with Crippen molar-refractivity contribution in [3.63, 3.8) is 0 Å². The van der Waals surface area contributed by atoms with Gasteiger partial charge < -0.3 is 11.5 Å². The molecule has 1 aromatic carbocycles. The summed E-state index contributed by atoms with van der Waals surface area (Å²) in [5.41, 5.74) is 17.3. The second-order valence-corrected chi connectivity index (χ2v) is 5.36. The lowest BCUT2D eigenvalue weighted by Gasteiger charge is -2.22. The molecule has 0 bridgehead atoms. The number of anilines is 1. The van der Waals surface area contributed by atoms with E-state index in [-0.39, 0.29) is 6.04 Å². The van der Waals surface area contributed by atoms with Crippen LogP contribution in [0.3, 0.4) is 0 Å². The van der Waals surface area contributed by atoms with E-state index < -0.39 is 0 Å². The molecule has 3 nitrogen and oxygen atoms in total. The van der Waals surface area contributed by atoms with Crippen molar-refractivity contribution in [1.29, 1.82) is 0 Å². The van der Waals surface area contributed by atoms with Gasteiger partial charge in [-0.3, -0.25) is 0 Å². The highest BCUT2D eigenvalue weighted by Crippen LogP contribution is 2.41. The van der Waals surface area contributed by atoms with Crippen LogP contribution in [0.1, 0.15) is 40.6 Å². The van der Waals surface area contributed by atoms with Gasteiger partial charge in [0.25, 0.3) is 0 Å². The molecule has 2 atom stereocenters. The van der Waals surface area contributed by atoms with Crippen LogP contribution in [0.5, 0.6) is 0 Å². The number of nitrogens with two attached hydrogens (primary N) is 2. The number of aryl methyl sites for hydroxylation is 2. The fourth-order valence-electron chi connectivity index (χ4n) is 3.05. The number of nitrogens with zero attached hydrogens (tertiary/aromatic N) is 1. The van der Waals surface area contributed by atoms with E-state index in [0.717, 1.165) is 24.0 Å². The maximum Gasteiger partial charge on any atom is 0.128 e. The minimum absolute atomic E-state index is 0.0731. The second-order valence-electron chi connectivity index (χ2n) is 5.36. The van der Waals surface area contributed by atoms with Crippen LogP contribution in [0.4, 0.5) is 5.82 Å². The van der Waals surface area contributed by atoms with Gasteiger partial charge in [-0.15, -0.1) is 0 Å². The first kappa shape index (κ1) is 12.2. The first-order valence-electron chi connectivity index (χ1n) is 6.72. The summed E-state index contributed by atoms with van der Waals surface area (Å²) in [7, 11) is 0. The lowest BCUT2D eigenvalue weighted by Crippen LogP contribution is -2.20. The third-order valence-electron chi connectivity index (χ3n) is 4.06. The van der Waals surface area contributed by atoms with Crippen LogP contribution in [0.25, 0.3) is 0 Å². The molecule has 98 valence electrons. The van der Waals surface area contributed by atoms with Crippen molar-refractivity contribution in [2.24, 2.45) is 5.73 Å². The molecule has 3 rings (SSSR count). The number of fused-ring (bicyclic) bond motifs is 1. The molecule has 2 unspecified atom stereocenters. The molecule has 0 saturated carbocycles. The Labute approximate surface area is 113 Å². The Balaban J connectivity index is 1.97. The second kappa shape index (κ2) is 4.67. The highest BCUT2D eigenvalue weighted by atomic mass is 14.8. The van der Waals surface area contributed by atoms with Crippen molar-refractivity contribution in [2.75, 3.05) is 5.73 Å². The summed E-state index contributed by atoms with van der Waals surface area (Å²) < 4.78 is 0. The van der Waals surface area contributed by atoms with Crippen LogP contribution in [-0.2, 0) is 6.42 Å². The van der Waals surface area contributed by atoms with Gasteiger partial charge in [-0.05, 0) is 42.5 Å². The summed E-state index contributed by atoms with van der Waals surface area (Å²) in [5, 5.41) is 0. The first-order valence-corrected chi connectivity index (χ1v) is 6.72. The smallest absolute Gasteiger partial charge is 0.128 e. The van der Waals surface area contributed by atoms with Gasteiger partial charge in [0.2, 0.25) is 0 Å². The Hall–Kier alpha value is -1.87. The van der Waals surface area contributed by atoms with E-state index in [1.54, 1.807) is 6.20 Å². The number of nitrogen functional groups attached to an aromatic ring is 1. The molecule has 1 heterocycles. The summed E-state index contributed by atoms with van der Waals surface area (Å²) in [6, 6.07) is 10.5. The monoisotopic (exact) mass is 253 g/mol. The summed E-state index contributed by atoms with van der Waals surface area (Å²) >= 11 is 0. The summed E-state index contributed by atoms with van der Waals surface area (Å²) in [6.45, 7) is 2.02. The van der Waals surface area contributed by atoms with Crippen molar-refractivity contribution >= 4 is 5.82 Å². The zero-order chi connectivity index (χ0) is 13.4. The minimum atomic E-state index is -0.0731. The predicted molar refractivity (Wildman–Crippen MR) is 77.8 cm³/mol. The number of aromatic nitrogens is 1. The maximum atomic E-state index is 6.46. The van der Waals surface area contributed by atoms with E-state index in [0.29, 0.717) is 11.7 Å². The summed E-state index contributed by atoms with van der Waals surface area (Å²) in [5.74, 6) is 0.907. The molecule has 4 N–H and O–H groups in total. The summed E-state index contributed by atoms with van der Waals surface area (Å²) in [6.07, 6.45) is 3.98. The minimum Gasteiger partial charge on any atom is -0.383 e. The third-order valence-corrected chi connectivity index (χ3v) is 4.06. The van der Waals surface area contributed by atoms with E-state index in [9.17, 15) is 0 Å². The Morgan fingerprint density at radius 1 is 1.32 bits per heavy atom. The molecule has 19 heavy (non-hydrogen) atoms. The van der Waals surface area contributed by atoms with Crippen LogP contribution in [0.2, 0.25) is 0 Å². The average molecular weight is 253 g/mol. The van der Waals surface area contributed by atoms with Gasteiger partial charge in [-0.1, -0.05) is 24.3 Å². The standard InChI is InChI=1S/C16H19N3/c1-10-8-14(16(18)19-9-10)15(17)13-7-6-11-4-2-3-5-12(11)13/h2-5,8-9,13,15H,6-7,17H2,1H3,(H2,18,19). The highest BCUT2D eigenvalue weighted by Gasteiger charge is 2.29. The summed E-state index contributed by atoms with van der Waals surface area (Å²) in [4.78, 5) is 4.22. The third kappa shape index (κ3) is 2.10. The maximum absolute atomic E-state index is 6.46. The van der Waals surface area contributed by atoms with Gasteiger partial charge in [0.15, 0.2) is 0 Å². The topological polar surface area (TPSA) is 64.9 Å². The van der Waals surface area contributed by atoms with Gasteiger partial charge in [-0.25, -0.2) is 4.98 Å². The number of pyridine rings is 1. The zero-order valence-electron chi connectivity index (χ0n) is 11.1. The first-order chi connectivity index (χ1) is 9.16. The Morgan fingerprint density at radius 3 is 2.95 bits per heavy atom. The molecule has 0 aliphatic heterocycles. The van der Waals surface area contributed by atoms with Gasteiger partial charge in [-0.2, -0.15) is 0 Å². The molecule has 0 spiro atoms. The number of benzene rings is 1. The van der Waals surface area contributed by atoms with Crippen molar-refractivity contribution in [3.05, 3.63) is 58.8 Å². The van der Waals surface area contributed by atoms with E-state index in [1.165, 1.54) is 11.1 Å². The van der Waals surface area contributed by atoms with Gasteiger partial charge >= 0.3 is 0 Å². The normalized spacial score (nSPS) is 19.2. The molecule has 0 amide bonds. The van der Waals surface area contributed by atoms with E-state index in [1.807, 2.05) is 6.92 Å². The van der Waals surface area contributed by atoms with Crippen LogP contribution in [0, 0.1) is 6.92 Å². The molecular weight excluding hydrogens is 234 g/mol. The molecule has 3 heteroatoms. The molecule has 1 aromatic heterocycles. The molecule has 2 aromatic rings. The lowest BCUT2D eigenvalue weighted by molar-refractivity contribution is 0.550. The van der Waals surface area contributed by atoms with Crippen LogP contribution in [-0.4, -0.2) is 4.98 Å². The lowest BCUT2D eigenvalue weighted by atomic mass is 9.89. The quantitative estimate of drug-likeness (QED) is 0.864. The number of rotatable bonds is 2. The molecule has 0 fully saturated rings. The Bertz CT molecular complexity index is 607. The van der Waals surface area contributed by atoms with Gasteiger partial charge in [0, 0.05) is 23.7 Å². The fourth-order valence-corrected chi connectivity index (χ4v) is 3.05. The van der Waals surface area contributed by atoms with Crippen molar-refractivity contribution in [3.8, 4) is 0 Å². The van der Waals surface area contributed by atoms with Crippen LogP contribution >= 0.6 is 0 Å².